The third-order valence-corrected chi connectivity index (χ3v) is 5.69. The van der Waals surface area contributed by atoms with Crippen molar-refractivity contribution in [2.45, 2.75) is 37.4 Å². The lowest BCUT2D eigenvalue weighted by atomic mass is 10.1. The van der Waals surface area contributed by atoms with Crippen molar-refractivity contribution in [1.82, 2.24) is 25.1 Å². The van der Waals surface area contributed by atoms with Crippen LogP contribution in [0.15, 0.2) is 41.6 Å². The largest absolute Gasteiger partial charge is 0.376 e. The molecular formula is C20H23N5O2S. The van der Waals surface area contributed by atoms with E-state index in [4.69, 9.17) is 4.74 Å². The van der Waals surface area contributed by atoms with E-state index < -0.39 is 0 Å². The number of rotatable bonds is 7. The first-order chi connectivity index (χ1) is 13.7. The van der Waals surface area contributed by atoms with E-state index in [1.165, 1.54) is 17.3 Å². The van der Waals surface area contributed by atoms with Crippen LogP contribution in [0.25, 0.3) is 16.9 Å². The van der Waals surface area contributed by atoms with E-state index in [2.05, 4.69) is 51.8 Å². The van der Waals surface area contributed by atoms with Crippen molar-refractivity contribution in [3.05, 3.63) is 42.0 Å². The molecule has 3 heterocycles. The lowest BCUT2D eigenvalue weighted by molar-refractivity contribution is -0.119. The molecule has 0 saturated carbocycles. The Bertz CT molecular complexity index is 951. The molecule has 2 aromatic heterocycles. The molecule has 146 valence electrons. The summed E-state index contributed by atoms with van der Waals surface area (Å²) in [6, 6.07) is 12.2. The summed E-state index contributed by atoms with van der Waals surface area (Å²) in [5, 5.41) is 16.5. The van der Waals surface area contributed by atoms with Crippen LogP contribution in [0.4, 0.5) is 0 Å². The molecule has 1 aromatic carbocycles. The Morgan fingerprint density at radius 1 is 1.25 bits per heavy atom. The number of ether oxygens (including phenoxy) is 1. The van der Waals surface area contributed by atoms with Gasteiger partial charge in [-0.2, -0.15) is 9.61 Å². The summed E-state index contributed by atoms with van der Waals surface area (Å²) in [4.78, 5) is 12.1. The second kappa shape index (κ2) is 8.70. The van der Waals surface area contributed by atoms with Crippen LogP contribution in [-0.4, -0.2) is 50.7 Å². The number of aryl methyl sites for hydroxylation is 1. The summed E-state index contributed by atoms with van der Waals surface area (Å²) in [7, 11) is 0. The monoisotopic (exact) mass is 397 g/mol. The summed E-state index contributed by atoms with van der Waals surface area (Å²) < 4.78 is 7.22. The average Bonchev–Trinajstić information content (AvgIpc) is 3.40. The fourth-order valence-electron chi connectivity index (χ4n) is 3.14. The fraction of sp³-hybridized carbons (Fsp3) is 0.400. The van der Waals surface area contributed by atoms with Crippen molar-refractivity contribution in [3.8, 4) is 11.3 Å². The Kier molecular flexibility index (Phi) is 5.87. The zero-order valence-electron chi connectivity index (χ0n) is 15.8. The lowest BCUT2D eigenvalue weighted by Gasteiger charge is -2.10. The highest BCUT2D eigenvalue weighted by Gasteiger charge is 2.17. The van der Waals surface area contributed by atoms with E-state index in [9.17, 15) is 4.79 Å². The minimum atomic E-state index is -0.0384. The number of nitrogens with one attached hydrogen (secondary N) is 1. The second-order valence-electron chi connectivity index (χ2n) is 6.75. The number of thioether (sulfide) groups is 1. The molecule has 1 fully saturated rings. The van der Waals surface area contributed by atoms with Crippen molar-refractivity contribution in [1.29, 1.82) is 0 Å². The number of aromatic nitrogens is 4. The second-order valence-corrected chi connectivity index (χ2v) is 7.69. The molecule has 1 aliphatic rings. The fourth-order valence-corrected chi connectivity index (χ4v) is 3.86. The van der Waals surface area contributed by atoms with E-state index in [0.717, 1.165) is 37.1 Å². The van der Waals surface area contributed by atoms with E-state index in [-0.39, 0.29) is 17.8 Å². The molecule has 7 nitrogen and oxygen atoms in total. The third kappa shape index (κ3) is 4.34. The van der Waals surface area contributed by atoms with Crippen molar-refractivity contribution in [2.75, 3.05) is 18.9 Å². The van der Waals surface area contributed by atoms with Gasteiger partial charge < -0.3 is 10.1 Å². The van der Waals surface area contributed by atoms with E-state index >= 15 is 0 Å². The maximum Gasteiger partial charge on any atom is 0.230 e. The number of hydrogen-bond donors (Lipinski definition) is 1. The summed E-state index contributed by atoms with van der Waals surface area (Å²) in [6.07, 6.45) is 3.23. The van der Waals surface area contributed by atoms with Crippen molar-refractivity contribution in [2.24, 2.45) is 0 Å². The van der Waals surface area contributed by atoms with Crippen LogP contribution in [0.1, 0.15) is 25.3 Å². The molecule has 8 heteroatoms. The highest BCUT2D eigenvalue weighted by molar-refractivity contribution is 7.99. The minimum absolute atomic E-state index is 0.0384. The number of carbonyl (C=O) groups excluding carboxylic acids is 1. The molecule has 3 aromatic rings. The Balaban J connectivity index is 1.42. The topological polar surface area (TPSA) is 81.4 Å². The van der Waals surface area contributed by atoms with Gasteiger partial charge in [-0.05, 0) is 37.0 Å². The number of hydrogen-bond acceptors (Lipinski definition) is 6. The predicted molar refractivity (Wildman–Crippen MR) is 108 cm³/mol. The molecular weight excluding hydrogens is 374 g/mol. The van der Waals surface area contributed by atoms with Gasteiger partial charge in [-0.3, -0.25) is 4.79 Å². The summed E-state index contributed by atoms with van der Waals surface area (Å²) in [5.74, 6) is 0.230. The quantitative estimate of drug-likeness (QED) is 0.618. The standard InChI is InChI=1S/C20H23N5O2S/c1-2-14-5-7-15(8-6-14)17-9-10-18-22-23-20(25(18)24-17)28-13-19(26)21-12-16-4-3-11-27-16/h5-10,16H,2-4,11-13H2,1H3,(H,21,26)/t16-/m1/s1. The highest BCUT2D eigenvalue weighted by atomic mass is 32.2. The number of amides is 1. The van der Waals surface area contributed by atoms with Crippen LogP contribution in [0.2, 0.25) is 0 Å². The van der Waals surface area contributed by atoms with Crippen LogP contribution < -0.4 is 5.32 Å². The van der Waals surface area contributed by atoms with Crippen LogP contribution in [0.5, 0.6) is 0 Å². The first-order valence-electron chi connectivity index (χ1n) is 9.56. The molecule has 1 amide bonds. The van der Waals surface area contributed by atoms with Gasteiger partial charge in [0.05, 0.1) is 17.6 Å². The van der Waals surface area contributed by atoms with Crippen LogP contribution >= 0.6 is 11.8 Å². The third-order valence-electron chi connectivity index (χ3n) is 4.78. The average molecular weight is 398 g/mol. The molecule has 4 rings (SSSR count). The van der Waals surface area contributed by atoms with Gasteiger partial charge in [-0.1, -0.05) is 43.0 Å². The molecule has 0 unspecified atom stereocenters. The van der Waals surface area contributed by atoms with E-state index in [0.29, 0.717) is 17.3 Å². The molecule has 0 spiro atoms. The van der Waals surface area contributed by atoms with Gasteiger partial charge in [0.1, 0.15) is 0 Å². The number of fused-ring (bicyclic) bond motifs is 1. The Morgan fingerprint density at radius 3 is 2.86 bits per heavy atom. The van der Waals surface area contributed by atoms with Gasteiger partial charge in [-0.25, -0.2) is 0 Å². The van der Waals surface area contributed by atoms with Crippen LogP contribution in [0.3, 0.4) is 0 Å². The maximum absolute atomic E-state index is 12.1. The molecule has 1 atom stereocenters. The highest BCUT2D eigenvalue weighted by Crippen LogP contribution is 2.21. The van der Waals surface area contributed by atoms with Crippen LogP contribution in [0, 0.1) is 0 Å². The zero-order valence-corrected chi connectivity index (χ0v) is 16.6. The number of benzene rings is 1. The molecule has 0 aliphatic carbocycles. The number of carbonyl (C=O) groups is 1. The minimum Gasteiger partial charge on any atom is -0.376 e. The van der Waals surface area contributed by atoms with Gasteiger partial charge in [0.15, 0.2) is 5.65 Å². The smallest absolute Gasteiger partial charge is 0.230 e. The van der Waals surface area contributed by atoms with Crippen molar-refractivity contribution in [3.63, 3.8) is 0 Å². The van der Waals surface area contributed by atoms with Gasteiger partial charge in [0.25, 0.3) is 0 Å². The number of nitrogens with zero attached hydrogens (tertiary/aromatic N) is 4. The van der Waals surface area contributed by atoms with Gasteiger partial charge in [-0.15, -0.1) is 10.2 Å². The molecule has 0 bridgehead atoms. The molecule has 1 N–H and O–H groups in total. The van der Waals surface area contributed by atoms with Gasteiger partial charge in [0.2, 0.25) is 11.1 Å². The summed E-state index contributed by atoms with van der Waals surface area (Å²) >= 11 is 1.33. The van der Waals surface area contributed by atoms with Gasteiger partial charge in [0, 0.05) is 18.7 Å². The Hall–Kier alpha value is -2.45. The normalized spacial score (nSPS) is 16.5. The molecule has 0 radical (unpaired) electrons. The first-order valence-corrected chi connectivity index (χ1v) is 10.5. The van der Waals surface area contributed by atoms with E-state index in [1.807, 2.05) is 12.1 Å². The molecule has 28 heavy (non-hydrogen) atoms. The Morgan fingerprint density at radius 2 is 2.11 bits per heavy atom. The summed E-state index contributed by atoms with van der Waals surface area (Å²) in [6.45, 7) is 3.49. The predicted octanol–water partition coefficient (Wildman–Crippen LogP) is 2.74. The van der Waals surface area contributed by atoms with Crippen LogP contribution in [-0.2, 0) is 16.0 Å². The van der Waals surface area contributed by atoms with E-state index in [1.54, 1.807) is 4.52 Å². The maximum atomic E-state index is 12.1. The zero-order chi connectivity index (χ0) is 19.3. The lowest BCUT2D eigenvalue weighted by Crippen LogP contribution is -2.32. The SMILES string of the molecule is CCc1ccc(-c2ccc3nnc(SCC(=O)NC[C@H]4CCCO4)n3n2)cc1. The van der Waals surface area contributed by atoms with Crippen molar-refractivity contribution >= 4 is 23.3 Å². The van der Waals surface area contributed by atoms with Crippen molar-refractivity contribution < 1.29 is 9.53 Å². The Labute approximate surface area is 167 Å². The van der Waals surface area contributed by atoms with Gasteiger partial charge >= 0.3 is 0 Å². The summed E-state index contributed by atoms with van der Waals surface area (Å²) in [5.41, 5.74) is 3.84. The first kappa shape index (κ1) is 18.9. The molecule has 1 saturated heterocycles. The molecule has 1 aliphatic heterocycles.